The van der Waals surface area contributed by atoms with E-state index in [9.17, 15) is 22.0 Å². The fraction of sp³-hybridized carbons (Fsp3) is 0.130. The summed E-state index contributed by atoms with van der Waals surface area (Å²) in [6.07, 6.45) is 3.52. The van der Waals surface area contributed by atoms with Gasteiger partial charge in [-0.2, -0.15) is 18.3 Å². The molecule has 1 atom stereocenters. The number of hydrogen-bond donors (Lipinski definition) is 0. The molecule has 0 amide bonds. The number of hydrogen-bond acceptors (Lipinski definition) is 6. The molecule has 1 unspecified atom stereocenters. The van der Waals surface area contributed by atoms with E-state index in [0.717, 1.165) is 24.5 Å². The molecule has 0 fully saturated rings. The predicted octanol–water partition coefficient (Wildman–Crippen LogP) is 5.31. The number of fused-ring (bicyclic) bond motifs is 1. The normalized spacial score (nSPS) is 12.7. The molecule has 0 aliphatic rings. The topological polar surface area (TPSA) is 86.7 Å². The van der Waals surface area contributed by atoms with Gasteiger partial charge in [-0.1, -0.05) is 0 Å². The lowest BCUT2D eigenvalue weighted by Crippen LogP contribution is -2.10. The molecule has 13 heteroatoms. The Kier molecular flexibility index (Phi) is 5.54. The van der Waals surface area contributed by atoms with E-state index in [-0.39, 0.29) is 11.5 Å². The summed E-state index contributed by atoms with van der Waals surface area (Å²) < 4.78 is 69.4. The third kappa shape index (κ3) is 3.97. The van der Waals surface area contributed by atoms with Crippen molar-refractivity contribution in [3.8, 4) is 16.8 Å². The Morgan fingerprint density at radius 3 is 2.42 bits per heavy atom. The van der Waals surface area contributed by atoms with Crippen LogP contribution < -0.4 is 0 Å². The molecular formula is C23H15F5N8. The molecule has 182 valence electrons. The van der Waals surface area contributed by atoms with Gasteiger partial charge in [-0.15, -0.1) is 0 Å². The van der Waals surface area contributed by atoms with Crippen molar-refractivity contribution in [1.29, 1.82) is 0 Å². The van der Waals surface area contributed by atoms with Crippen LogP contribution >= 0.6 is 0 Å². The lowest BCUT2D eigenvalue weighted by Gasteiger charge is -2.13. The first-order chi connectivity index (χ1) is 17.2. The average molecular weight is 498 g/mol. The molecule has 8 nitrogen and oxygen atoms in total. The Balaban J connectivity index is 1.60. The second kappa shape index (κ2) is 8.59. The summed E-state index contributed by atoms with van der Waals surface area (Å²) in [5.41, 5.74) is 1.89. The molecule has 5 rings (SSSR count). The fourth-order valence-electron chi connectivity index (χ4n) is 3.83. The van der Waals surface area contributed by atoms with Crippen molar-refractivity contribution in [3.63, 3.8) is 0 Å². The number of nitrogens with zero attached hydrogens (tertiary/aromatic N) is 8. The van der Waals surface area contributed by atoms with Gasteiger partial charge in [0.15, 0.2) is 11.6 Å². The third-order valence-corrected chi connectivity index (χ3v) is 5.61. The first-order valence-electron chi connectivity index (χ1n) is 10.4. The van der Waals surface area contributed by atoms with Crippen molar-refractivity contribution in [3.05, 3.63) is 78.5 Å². The minimum atomic E-state index is -4.68. The van der Waals surface area contributed by atoms with Crippen LogP contribution in [0, 0.1) is 11.6 Å². The van der Waals surface area contributed by atoms with Gasteiger partial charge < -0.3 is 4.57 Å². The minimum Gasteiger partial charge on any atom is -0.324 e. The SMILES string of the molecule is C=Nc1ncnc2c1c(-c1cnc(C(F)(F)F)nc1)cn2C(C)c1cnn(-c2ccc(F)cc2F)c1. The zero-order valence-corrected chi connectivity index (χ0v) is 18.4. The summed E-state index contributed by atoms with van der Waals surface area (Å²) in [5.74, 6) is -2.52. The molecule has 0 radical (unpaired) electrons. The zero-order chi connectivity index (χ0) is 25.6. The fourth-order valence-corrected chi connectivity index (χ4v) is 3.83. The Labute approximate surface area is 199 Å². The van der Waals surface area contributed by atoms with Crippen LogP contribution in [-0.4, -0.2) is 41.0 Å². The second-order valence-corrected chi connectivity index (χ2v) is 7.79. The van der Waals surface area contributed by atoms with Crippen molar-refractivity contribution in [2.75, 3.05) is 0 Å². The van der Waals surface area contributed by atoms with Crippen LogP contribution in [0.1, 0.15) is 24.4 Å². The van der Waals surface area contributed by atoms with Gasteiger partial charge in [-0.3, -0.25) is 0 Å². The van der Waals surface area contributed by atoms with E-state index in [1.54, 1.807) is 17.0 Å². The van der Waals surface area contributed by atoms with Gasteiger partial charge in [0.2, 0.25) is 5.82 Å². The summed E-state index contributed by atoms with van der Waals surface area (Å²) in [7, 11) is 0. The molecule has 1 aromatic carbocycles. The maximum Gasteiger partial charge on any atom is 0.451 e. The molecular weight excluding hydrogens is 483 g/mol. The molecule has 5 aromatic rings. The highest BCUT2D eigenvalue weighted by atomic mass is 19.4. The molecule has 0 saturated heterocycles. The number of aromatic nitrogens is 7. The van der Waals surface area contributed by atoms with Crippen LogP contribution in [0.4, 0.5) is 27.8 Å². The van der Waals surface area contributed by atoms with Crippen molar-refractivity contribution >= 4 is 23.6 Å². The second-order valence-electron chi connectivity index (χ2n) is 7.79. The maximum absolute atomic E-state index is 14.2. The van der Waals surface area contributed by atoms with E-state index in [1.807, 2.05) is 6.92 Å². The van der Waals surface area contributed by atoms with Gasteiger partial charge in [0.25, 0.3) is 0 Å². The molecule has 4 aromatic heterocycles. The van der Waals surface area contributed by atoms with Crippen molar-refractivity contribution in [2.24, 2.45) is 4.99 Å². The zero-order valence-electron chi connectivity index (χ0n) is 18.4. The van der Waals surface area contributed by atoms with Gasteiger partial charge in [0.05, 0.1) is 17.6 Å². The summed E-state index contributed by atoms with van der Waals surface area (Å²) >= 11 is 0. The standard InChI is InChI=1S/C23H15F5N8/c1-12(14-8-34-36(9-14)18-4-3-15(24)5-17(18)25)35-10-16(19-20(29-2)32-11-33-21(19)35)13-6-30-22(31-7-13)23(26,27)28/h3-12H,2H2,1H3. The largest absolute Gasteiger partial charge is 0.451 e. The van der Waals surface area contributed by atoms with E-state index < -0.39 is 29.7 Å². The van der Waals surface area contributed by atoms with Crippen LogP contribution in [0.15, 0.2) is 60.5 Å². The quantitative estimate of drug-likeness (QED) is 0.242. The molecule has 0 bridgehead atoms. The predicted molar refractivity (Wildman–Crippen MR) is 120 cm³/mol. The summed E-state index contributed by atoms with van der Waals surface area (Å²) in [6.45, 7) is 5.35. The Bertz CT molecular complexity index is 1590. The Hall–Kier alpha value is -4.55. The lowest BCUT2D eigenvalue weighted by molar-refractivity contribution is -0.144. The minimum absolute atomic E-state index is 0.0651. The van der Waals surface area contributed by atoms with Crippen molar-refractivity contribution < 1.29 is 22.0 Å². The number of alkyl halides is 3. The Morgan fingerprint density at radius 1 is 1.00 bits per heavy atom. The maximum atomic E-state index is 14.2. The monoisotopic (exact) mass is 498 g/mol. The van der Waals surface area contributed by atoms with Crippen LogP contribution in [0.3, 0.4) is 0 Å². The highest BCUT2D eigenvalue weighted by Gasteiger charge is 2.34. The molecule has 0 aliphatic heterocycles. The average Bonchev–Trinajstić information content (AvgIpc) is 3.49. The molecule has 0 spiro atoms. The lowest BCUT2D eigenvalue weighted by atomic mass is 10.1. The molecule has 0 aliphatic carbocycles. The van der Waals surface area contributed by atoms with Crippen molar-refractivity contribution in [2.45, 2.75) is 19.1 Å². The van der Waals surface area contributed by atoms with Crippen molar-refractivity contribution in [1.82, 2.24) is 34.3 Å². The van der Waals surface area contributed by atoms with Crippen LogP contribution in [0.25, 0.3) is 27.8 Å². The van der Waals surface area contributed by atoms with E-state index in [1.165, 1.54) is 23.3 Å². The summed E-state index contributed by atoms with van der Waals surface area (Å²) in [6, 6.07) is 2.75. The number of halogens is 5. The van der Waals surface area contributed by atoms with E-state index in [4.69, 9.17) is 0 Å². The summed E-state index contributed by atoms with van der Waals surface area (Å²) in [5, 5.41) is 4.63. The highest BCUT2D eigenvalue weighted by Crippen LogP contribution is 2.37. The molecule has 4 heterocycles. The van der Waals surface area contributed by atoms with E-state index in [0.29, 0.717) is 27.7 Å². The van der Waals surface area contributed by atoms with Gasteiger partial charge in [0, 0.05) is 47.5 Å². The first-order valence-corrected chi connectivity index (χ1v) is 10.4. The smallest absolute Gasteiger partial charge is 0.324 e. The van der Waals surface area contributed by atoms with Gasteiger partial charge in [0.1, 0.15) is 23.5 Å². The van der Waals surface area contributed by atoms with E-state index in [2.05, 4.69) is 36.7 Å². The summed E-state index contributed by atoms with van der Waals surface area (Å²) in [4.78, 5) is 19.3. The third-order valence-electron chi connectivity index (χ3n) is 5.61. The molecule has 0 saturated carbocycles. The van der Waals surface area contributed by atoms with Crippen LogP contribution in [0.5, 0.6) is 0 Å². The van der Waals surface area contributed by atoms with Crippen LogP contribution in [-0.2, 0) is 6.18 Å². The number of rotatable bonds is 5. The number of benzene rings is 1. The molecule has 0 N–H and O–H groups in total. The van der Waals surface area contributed by atoms with Gasteiger partial charge >= 0.3 is 6.18 Å². The first kappa shape index (κ1) is 23.2. The van der Waals surface area contributed by atoms with E-state index >= 15 is 0 Å². The van der Waals surface area contributed by atoms with Gasteiger partial charge in [-0.25, -0.2) is 38.4 Å². The molecule has 36 heavy (non-hydrogen) atoms. The highest BCUT2D eigenvalue weighted by molar-refractivity contribution is 6.00. The number of aliphatic imine (C=N–C) groups is 1. The Morgan fingerprint density at radius 2 is 1.75 bits per heavy atom. The van der Waals surface area contributed by atoms with Gasteiger partial charge in [-0.05, 0) is 25.8 Å². The van der Waals surface area contributed by atoms with Crippen LogP contribution in [0.2, 0.25) is 0 Å².